The summed E-state index contributed by atoms with van der Waals surface area (Å²) in [7, 11) is 1.66. The maximum atomic E-state index is 5.94. The number of H-pyrrole nitrogens is 1. The minimum absolute atomic E-state index is 0.525. The fourth-order valence-electron chi connectivity index (χ4n) is 3.54. The van der Waals surface area contributed by atoms with Gasteiger partial charge in [0.25, 0.3) is 0 Å². The van der Waals surface area contributed by atoms with Crippen molar-refractivity contribution >= 4 is 22.4 Å². The number of fused-ring (bicyclic) bond motifs is 1. The summed E-state index contributed by atoms with van der Waals surface area (Å²) in [4.78, 5) is 4.50. The lowest BCUT2D eigenvalue weighted by atomic mass is 10.1. The van der Waals surface area contributed by atoms with Crippen molar-refractivity contribution in [1.29, 1.82) is 0 Å². The Morgan fingerprint density at radius 1 is 0.844 bits per heavy atom. The Morgan fingerprint density at radius 3 is 2.56 bits per heavy atom. The van der Waals surface area contributed by atoms with Crippen molar-refractivity contribution in [3.8, 4) is 22.8 Å². The highest BCUT2D eigenvalue weighted by Crippen LogP contribution is 2.30. The van der Waals surface area contributed by atoms with Crippen molar-refractivity contribution in [3.63, 3.8) is 0 Å². The second-order valence-corrected chi connectivity index (χ2v) is 7.35. The van der Waals surface area contributed by atoms with Gasteiger partial charge in [-0.25, -0.2) is 4.98 Å². The van der Waals surface area contributed by atoms with Gasteiger partial charge in [0.2, 0.25) is 0 Å². The van der Waals surface area contributed by atoms with E-state index in [-0.39, 0.29) is 0 Å². The Bertz CT molecular complexity index is 1350. The fraction of sp³-hybridized carbons (Fsp3) is 0.0769. The summed E-state index contributed by atoms with van der Waals surface area (Å²) in [5.74, 6) is 1.59. The average molecular weight is 422 g/mol. The Hall–Kier alpha value is -4.32. The van der Waals surface area contributed by atoms with Crippen LogP contribution in [0.15, 0.2) is 91.1 Å². The first-order valence-electron chi connectivity index (χ1n) is 10.3. The lowest BCUT2D eigenvalue weighted by molar-refractivity contribution is 0.306. The third kappa shape index (κ3) is 4.25. The number of aromatic nitrogens is 3. The van der Waals surface area contributed by atoms with Crippen LogP contribution in [0.25, 0.3) is 22.3 Å². The van der Waals surface area contributed by atoms with Gasteiger partial charge in [-0.1, -0.05) is 48.5 Å². The molecule has 0 radical (unpaired) electrons. The number of pyridine rings is 1. The maximum absolute atomic E-state index is 5.94. The molecule has 5 rings (SSSR count). The minimum Gasteiger partial charge on any atom is -0.497 e. The first kappa shape index (κ1) is 19.6. The normalized spacial score (nSPS) is 10.8. The molecule has 0 aliphatic rings. The molecule has 5 aromatic rings. The molecule has 0 spiro atoms. The van der Waals surface area contributed by atoms with Crippen LogP contribution in [0.1, 0.15) is 5.56 Å². The third-order valence-corrected chi connectivity index (χ3v) is 5.14. The molecule has 2 N–H and O–H groups in total. The van der Waals surface area contributed by atoms with E-state index < -0.39 is 0 Å². The predicted molar refractivity (Wildman–Crippen MR) is 126 cm³/mol. The lowest BCUT2D eigenvalue weighted by Crippen LogP contribution is -1.96. The molecule has 158 valence electrons. The van der Waals surface area contributed by atoms with Gasteiger partial charge in [0.05, 0.1) is 24.7 Å². The molecule has 0 aliphatic heterocycles. The summed E-state index contributed by atoms with van der Waals surface area (Å²) in [5, 5.41) is 11.8. The van der Waals surface area contributed by atoms with E-state index in [0.29, 0.717) is 12.3 Å². The summed E-state index contributed by atoms with van der Waals surface area (Å²) < 4.78 is 11.3. The molecule has 6 heteroatoms. The van der Waals surface area contributed by atoms with Crippen LogP contribution in [-0.2, 0) is 6.61 Å². The number of nitrogens with zero attached hydrogens (tertiary/aromatic N) is 2. The first-order chi connectivity index (χ1) is 15.8. The number of benzene rings is 3. The van der Waals surface area contributed by atoms with Gasteiger partial charge in [0, 0.05) is 22.7 Å². The van der Waals surface area contributed by atoms with E-state index in [4.69, 9.17) is 9.47 Å². The monoisotopic (exact) mass is 422 g/mol. The molecular weight excluding hydrogens is 400 g/mol. The van der Waals surface area contributed by atoms with Crippen molar-refractivity contribution in [2.45, 2.75) is 6.61 Å². The largest absolute Gasteiger partial charge is 0.497 e. The Morgan fingerprint density at radius 2 is 1.69 bits per heavy atom. The van der Waals surface area contributed by atoms with Crippen molar-refractivity contribution in [2.24, 2.45) is 0 Å². The van der Waals surface area contributed by atoms with Crippen molar-refractivity contribution in [1.82, 2.24) is 15.2 Å². The number of rotatable bonds is 7. The molecule has 2 heterocycles. The van der Waals surface area contributed by atoms with Gasteiger partial charge < -0.3 is 14.8 Å². The number of anilines is 2. The highest BCUT2D eigenvalue weighted by atomic mass is 16.5. The van der Waals surface area contributed by atoms with Crippen LogP contribution in [0.5, 0.6) is 11.5 Å². The molecular formula is C26H22N4O2. The van der Waals surface area contributed by atoms with E-state index in [1.807, 2.05) is 84.9 Å². The highest BCUT2D eigenvalue weighted by molar-refractivity contribution is 5.93. The van der Waals surface area contributed by atoms with Crippen LogP contribution in [0, 0.1) is 0 Å². The van der Waals surface area contributed by atoms with Gasteiger partial charge in [-0.3, -0.25) is 5.10 Å². The van der Waals surface area contributed by atoms with E-state index in [1.165, 1.54) is 0 Å². The molecule has 0 unspecified atom stereocenters. The second kappa shape index (κ2) is 8.81. The molecule has 3 aromatic carbocycles. The zero-order chi connectivity index (χ0) is 21.8. The number of hydrogen-bond acceptors (Lipinski definition) is 5. The van der Waals surface area contributed by atoms with Gasteiger partial charge in [0.15, 0.2) is 5.65 Å². The van der Waals surface area contributed by atoms with Crippen LogP contribution < -0.4 is 14.8 Å². The zero-order valence-corrected chi connectivity index (χ0v) is 17.6. The zero-order valence-electron chi connectivity index (χ0n) is 17.6. The van der Waals surface area contributed by atoms with Crippen LogP contribution in [-0.4, -0.2) is 22.3 Å². The fourth-order valence-corrected chi connectivity index (χ4v) is 3.54. The Balaban J connectivity index is 1.37. The minimum atomic E-state index is 0.525. The molecule has 0 amide bonds. The summed E-state index contributed by atoms with van der Waals surface area (Å²) in [5.41, 5.74) is 5.46. The van der Waals surface area contributed by atoms with Gasteiger partial charge in [-0.15, -0.1) is 0 Å². The molecule has 0 saturated heterocycles. The number of ether oxygens (including phenoxy) is 2. The molecule has 0 saturated carbocycles. The van der Waals surface area contributed by atoms with Crippen LogP contribution in [0.2, 0.25) is 0 Å². The highest BCUT2D eigenvalue weighted by Gasteiger charge is 2.11. The summed E-state index contributed by atoms with van der Waals surface area (Å²) in [6, 6.07) is 27.9. The summed E-state index contributed by atoms with van der Waals surface area (Å²) in [6.45, 7) is 0.525. The number of methoxy groups -OCH3 is 1. The van der Waals surface area contributed by atoms with Crippen LogP contribution in [0.3, 0.4) is 0 Å². The van der Waals surface area contributed by atoms with Crippen LogP contribution >= 0.6 is 0 Å². The van der Waals surface area contributed by atoms with Gasteiger partial charge >= 0.3 is 0 Å². The molecule has 32 heavy (non-hydrogen) atoms. The number of nitrogens with one attached hydrogen (secondary N) is 2. The smallest absolute Gasteiger partial charge is 0.181 e. The molecule has 6 nitrogen and oxygen atoms in total. The molecule has 0 bridgehead atoms. The van der Waals surface area contributed by atoms with Gasteiger partial charge in [0.1, 0.15) is 18.1 Å². The van der Waals surface area contributed by atoms with Crippen molar-refractivity contribution in [2.75, 3.05) is 12.4 Å². The SMILES string of the molecule is COc1cccc(-c2[nH]nc3ncc(Nc4cccc(OCc5ccccc5)c4)cc23)c1. The second-order valence-electron chi connectivity index (χ2n) is 7.35. The molecule has 2 aromatic heterocycles. The third-order valence-electron chi connectivity index (χ3n) is 5.14. The van der Waals surface area contributed by atoms with Crippen LogP contribution in [0.4, 0.5) is 11.4 Å². The Labute approximate surface area is 185 Å². The van der Waals surface area contributed by atoms with Crippen molar-refractivity contribution < 1.29 is 9.47 Å². The summed E-state index contributed by atoms with van der Waals surface area (Å²) in [6.07, 6.45) is 1.77. The van der Waals surface area contributed by atoms with Gasteiger partial charge in [-0.2, -0.15) is 5.10 Å². The molecule has 0 fully saturated rings. The maximum Gasteiger partial charge on any atom is 0.181 e. The average Bonchev–Trinajstić information content (AvgIpc) is 3.27. The predicted octanol–water partition coefficient (Wildman–Crippen LogP) is 5.96. The van der Waals surface area contributed by atoms with E-state index in [9.17, 15) is 0 Å². The van der Waals surface area contributed by atoms with E-state index in [1.54, 1.807) is 13.3 Å². The topological polar surface area (TPSA) is 72.1 Å². The molecule has 0 aliphatic carbocycles. The first-order valence-corrected chi connectivity index (χ1v) is 10.3. The van der Waals surface area contributed by atoms with E-state index in [0.717, 1.165) is 45.1 Å². The Kier molecular flexibility index (Phi) is 5.41. The van der Waals surface area contributed by atoms with E-state index >= 15 is 0 Å². The molecule has 0 atom stereocenters. The van der Waals surface area contributed by atoms with Gasteiger partial charge in [-0.05, 0) is 35.9 Å². The summed E-state index contributed by atoms with van der Waals surface area (Å²) >= 11 is 0. The quantitative estimate of drug-likeness (QED) is 0.339. The van der Waals surface area contributed by atoms with E-state index in [2.05, 4.69) is 20.5 Å². The lowest BCUT2D eigenvalue weighted by Gasteiger charge is -2.10. The standard InChI is InChI=1S/C26H22N4O2/c1-31-22-11-5-9-19(13-22)25-24-15-21(16-27-26(24)30-29-25)28-20-10-6-12-23(14-20)32-17-18-7-3-2-4-8-18/h2-16,28H,17H2,1H3,(H,27,29,30). The van der Waals surface area contributed by atoms with Crippen molar-refractivity contribution in [3.05, 3.63) is 96.7 Å². The number of hydrogen-bond donors (Lipinski definition) is 2. The number of aromatic amines is 1.